The summed E-state index contributed by atoms with van der Waals surface area (Å²) in [4.78, 5) is 2.42. The van der Waals surface area contributed by atoms with Crippen molar-refractivity contribution in [1.82, 2.24) is 20.0 Å². The zero-order chi connectivity index (χ0) is 13.0. The number of aryl methyl sites for hydroxylation is 2. The minimum atomic E-state index is 0.871. The van der Waals surface area contributed by atoms with Crippen molar-refractivity contribution in [1.29, 1.82) is 0 Å². The Morgan fingerprint density at radius 2 is 2.39 bits per heavy atom. The van der Waals surface area contributed by atoms with Crippen molar-refractivity contribution in [3.8, 4) is 0 Å². The maximum Gasteiger partial charge on any atom is 0.0638 e. The van der Waals surface area contributed by atoms with Crippen LogP contribution < -0.4 is 5.32 Å². The summed E-state index contributed by atoms with van der Waals surface area (Å²) in [7, 11) is 4.20. The molecule has 0 amide bonds. The third kappa shape index (κ3) is 3.82. The Balaban J connectivity index is 1.74. The largest absolute Gasteiger partial charge is 0.316 e. The van der Waals surface area contributed by atoms with E-state index in [2.05, 4.69) is 35.5 Å². The van der Waals surface area contributed by atoms with Crippen LogP contribution in [0.15, 0.2) is 6.20 Å². The third-order valence-electron chi connectivity index (χ3n) is 3.87. The summed E-state index contributed by atoms with van der Waals surface area (Å²) in [5.41, 5.74) is 2.51. The van der Waals surface area contributed by atoms with E-state index in [4.69, 9.17) is 0 Å². The van der Waals surface area contributed by atoms with Crippen LogP contribution in [0.4, 0.5) is 0 Å². The SMILES string of the molecule is Cc1nn(C)cc1CN(C)CC[C@H]1CCCNC1. The molecule has 1 aliphatic rings. The molecule has 0 aliphatic carbocycles. The Labute approximate surface area is 110 Å². The average Bonchev–Trinajstić information content (AvgIpc) is 2.67. The fraction of sp³-hybridized carbons (Fsp3) is 0.786. The zero-order valence-corrected chi connectivity index (χ0v) is 11.9. The van der Waals surface area contributed by atoms with E-state index in [9.17, 15) is 0 Å². The van der Waals surface area contributed by atoms with Crippen LogP contribution in [0.25, 0.3) is 0 Å². The molecule has 0 bridgehead atoms. The molecule has 4 heteroatoms. The van der Waals surface area contributed by atoms with E-state index in [0.717, 1.165) is 18.2 Å². The summed E-state index contributed by atoms with van der Waals surface area (Å²) in [6.07, 6.45) is 6.18. The lowest BCUT2D eigenvalue weighted by molar-refractivity contribution is 0.268. The van der Waals surface area contributed by atoms with Crippen molar-refractivity contribution in [3.05, 3.63) is 17.5 Å². The summed E-state index contributed by atoms with van der Waals surface area (Å²) in [5.74, 6) is 0.871. The highest BCUT2D eigenvalue weighted by Gasteiger charge is 2.14. The molecule has 2 rings (SSSR count). The van der Waals surface area contributed by atoms with Gasteiger partial charge in [-0.3, -0.25) is 4.68 Å². The first-order chi connectivity index (χ1) is 8.65. The Hall–Kier alpha value is -0.870. The van der Waals surface area contributed by atoms with Crippen molar-refractivity contribution in [2.24, 2.45) is 13.0 Å². The van der Waals surface area contributed by atoms with Crippen molar-refractivity contribution in [3.63, 3.8) is 0 Å². The van der Waals surface area contributed by atoms with Crippen molar-refractivity contribution in [2.75, 3.05) is 26.7 Å². The van der Waals surface area contributed by atoms with Gasteiger partial charge in [0.05, 0.1) is 5.69 Å². The molecule has 1 aromatic heterocycles. The van der Waals surface area contributed by atoms with E-state index in [1.807, 2.05) is 11.7 Å². The number of piperidine rings is 1. The molecule has 0 radical (unpaired) electrons. The minimum absolute atomic E-state index is 0.871. The number of hydrogen-bond donors (Lipinski definition) is 1. The van der Waals surface area contributed by atoms with Gasteiger partial charge in [0.1, 0.15) is 0 Å². The van der Waals surface area contributed by atoms with Gasteiger partial charge in [0.2, 0.25) is 0 Å². The molecule has 1 aromatic rings. The zero-order valence-electron chi connectivity index (χ0n) is 11.9. The second kappa shape index (κ2) is 6.34. The lowest BCUT2D eigenvalue weighted by Gasteiger charge is -2.25. The van der Waals surface area contributed by atoms with Gasteiger partial charge in [-0.15, -0.1) is 0 Å². The predicted octanol–water partition coefficient (Wildman–Crippen LogP) is 1.55. The summed E-state index contributed by atoms with van der Waals surface area (Å²) in [5, 5.41) is 7.88. The normalized spacial score (nSPS) is 20.6. The number of hydrogen-bond acceptors (Lipinski definition) is 3. The molecule has 102 valence electrons. The Kier molecular flexibility index (Phi) is 4.78. The maximum absolute atomic E-state index is 4.39. The van der Waals surface area contributed by atoms with Gasteiger partial charge in [0.25, 0.3) is 0 Å². The molecule has 0 aromatic carbocycles. The summed E-state index contributed by atoms with van der Waals surface area (Å²) in [6.45, 7) is 6.70. The number of nitrogens with one attached hydrogen (secondary N) is 1. The van der Waals surface area contributed by atoms with Gasteiger partial charge >= 0.3 is 0 Å². The second-order valence-corrected chi connectivity index (χ2v) is 5.65. The van der Waals surface area contributed by atoms with Crippen LogP contribution >= 0.6 is 0 Å². The summed E-state index contributed by atoms with van der Waals surface area (Å²) in [6, 6.07) is 0. The van der Waals surface area contributed by atoms with E-state index >= 15 is 0 Å². The highest BCUT2D eigenvalue weighted by Crippen LogP contribution is 2.15. The van der Waals surface area contributed by atoms with Gasteiger partial charge < -0.3 is 10.2 Å². The number of aromatic nitrogens is 2. The summed E-state index contributed by atoms with van der Waals surface area (Å²) < 4.78 is 1.91. The van der Waals surface area contributed by atoms with Crippen molar-refractivity contribution in [2.45, 2.75) is 32.7 Å². The van der Waals surface area contributed by atoms with E-state index in [-0.39, 0.29) is 0 Å². The molecule has 1 N–H and O–H groups in total. The van der Waals surface area contributed by atoms with Crippen LogP contribution in [0.1, 0.15) is 30.5 Å². The lowest BCUT2D eigenvalue weighted by Crippen LogP contribution is -2.32. The Morgan fingerprint density at radius 3 is 3.00 bits per heavy atom. The second-order valence-electron chi connectivity index (χ2n) is 5.65. The highest BCUT2D eigenvalue weighted by atomic mass is 15.3. The van der Waals surface area contributed by atoms with Crippen molar-refractivity contribution < 1.29 is 0 Å². The van der Waals surface area contributed by atoms with E-state index in [0.29, 0.717) is 0 Å². The molecular weight excluding hydrogens is 224 g/mol. The Bertz CT molecular complexity index is 366. The molecule has 1 aliphatic heterocycles. The molecule has 4 nitrogen and oxygen atoms in total. The van der Waals surface area contributed by atoms with Gasteiger partial charge in [0, 0.05) is 25.4 Å². The van der Waals surface area contributed by atoms with Crippen LogP contribution in [0.5, 0.6) is 0 Å². The first kappa shape index (κ1) is 13.6. The third-order valence-corrected chi connectivity index (χ3v) is 3.87. The fourth-order valence-electron chi connectivity index (χ4n) is 2.75. The smallest absolute Gasteiger partial charge is 0.0638 e. The maximum atomic E-state index is 4.39. The van der Waals surface area contributed by atoms with Crippen molar-refractivity contribution >= 4 is 0 Å². The van der Waals surface area contributed by atoms with E-state index < -0.39 is 0 Å². The van der Waals surface area contributed by atoms with Gasteiger partial charge in [-0.1, -0.05) is 0 Å². The first-order valence-corrected chi connectivity index (χ1v) is 7.03. The monoisotopic (exact) mass is 250 g/mol. The van der Waals surface area contributed by atoms with Crippen LogP contribution in [0.2, 0.25) is 0 Å². The molecule has 0 unspecified atom stereocenters. The van der Waals surface area contributed by atoms with Crippen LogP contribution in [0.3, 0.4) is 0 Å². The summed E-state index contributed by atoms with van der Waals surface area (Å²) >= 11 is 0. The number of rotatable bonds is 5. The molecule has 18 heavy (non-hydrogen) atoms. The first-order valence-electron chi connectivity index (χ1n) is 7.03. The van der Waals surface area contributed by atoms with Gasteiger partial charge in [0.15, 0.2) is 0 Å². The van der Waals surface area contributed by atoms with Gasteiger partial charge in [-0.05, 0) is 58.8 Å². The van der Waals surface area contributed by atoms with E-state index in [1.54, 1.807) is 0 Å². The molecule has 1 saturated heterocycles. The standard InChI is InChI=1S/C14H26N4/c1-12-14(11-18(3)16-12)10-17(2)8-6-13-5-4-7-15-9-13/h11,13,15H,4-10H2,1-3H3/t13-/m1/s1. The highest BCUT2D eigenvalue weighted by molar-refractivity contribution is 5.14. The quantitative estimate of drug-likeness (QED) is 0.861. The van der Waals surface area contributed by atoms with Gasteiger partial charge in [-0.25, -0.2) is 0 Å². The average molecular weight is 250 g/mol. The van der Waals surface area contributed by atoms with E-state index in [1.165, 1.54) is 44.5 Å². The van der Waals surface area contributed by atoms with Crippen LogP contribution in [0, 0.1) is 12.8 Å². The fourth-order valence-corrected chi connectivity index (χ4v) is 2.75. The molecule has 1 atom stereocenters. The molecule has 1 fully saturated rings. The molecule has 0 spiro atoms. The Morgan fingerprint density at radius 1 is 1.56 bits per heavy atom. The predicted molar refractivity (Wildman–Crippen MR) is 74.5 cm³/mol. The molecule has 2 heterocycles. The van der Waals surface area contributed by atoms with Crippen LogP contribution in [-0.2, 0) is 13.6 Å². The molecular formula is C14H26N4. The lowest BCUT2D eigenvalue weighted by atomic mass is 9.96. The topological polar surface area (TPSA) is 33.1 Å². The van der Waals surface area contributed by atoms with Gasteiger partial charge in [-0.2, -0.15) is 5.10 Å². The number of nitrogens with zero attached hydrogens (tertiary/aromatic N) is 3. The molecule has 0 saturated carbocycles. The van der Waals surface area contributed by atoms with Crippen LogP contribution in [-0.4, -0.2) is 41.4 Å². The minimum Gasteiger partial charge on any atom is -0.316 e.